The number of fused-ring (bicyclic) bond motifs is 5. The number of hydrogen-bond acceptors (Lipinski definition) is 1. The molecule has 1 heterocycles. The zero-order chi connectivity index (χ0) is 32.7. The van der Waals surface area contributed by atoms with E-state index in [0.717, 1.165) is 21.9 Å². The standard InChI is InChI=1S/C46H40O/c1-25-27(3)31(7)43-41(29(25)5)45(34-22-23-40-38(24-34)36-19-14-15-21-39(36)47-40)42-30(6)26(2)28(4)32(8)44(42)46(43)37-20-13-12-18-35(37)33-16-10-9-11-17-33/h9-24H,1-8H3. The Morgan fingerprint density at radius 3 is 1.40 bits per heavy atom. The molecule has 8 aromatic rings. The summed E-state index contributed by atoms with van der Waals surface area (Å²) in [6.45, 7) is 18.5. The van der Waals surface area contributed by atoms with Crippen molar-refractivity contribution in [1.29, 1.82) is 0 Å². The zero-order valence-corrected chi connectivity index (χ0v) is 28.6. The lowest BCUT2D eigenvalue weighted by molar-refractivity contribution is 0.669. The third-order valence-corrected chi connectivity index (χ3v) is 11.3. The van der Waals surface area contributed by atoms with Gasteiger partial charge in [-0.25, -0.2) is 0 Å². The van der Waals surface area contributed by atoms with Crippen molar-refractivity contribution in [3.05, 3.63) is 142 Å². The average molecular weight is 609 g/mol. The van der Waals surface area contributed by atoms with Gasteiger partial charge >= 0.3 is 0 Å². The van der Waals surface area contributed by atoms with Gasteiger partial charge in [0.05, 0.1) is 0 Å². The highest BCUT2D eigenvalue weighted by Crippen LogP contribution is 2.52. The molecule has 0 saturated carbocycles. The molecule has 1 nitrogen and oxygen atoms in total. The van der Waals surface area contributed by atoms with Crippen LogP contribution in [-0.2, 0) is 0 Å². The fraction of sp³-hybridized carbons (Fsp3) is 0.174. The molecule has 0 fully saturated rings. The van der Waals surface area contributed by atoms with Crippen LogP contribution < -0.4 is 0 Å². The van der Waals surface area contributed by atoms with Crippen LogP contribution >= 0.6 is 0 Å². The van der Waals surface area contributed by atoms with Crippen LogP contribution in [0.3, 0.4) is 0 Å². The molecule has 8 rings (SSSR count). The molecule has 47 heavy (non-hydrogen) atoms. The van der Waals surface area contributed by atoms with Crippen molar-refractivity contribution in [2.45, 2.75) is 55.4 Å². The Labute approximate surface area is 277 Å². The molecule has 0 unspecified atom stereocenters. The molecular weight excluding hydrogens is 569 g/mol. The summed E-state index contributed by atoms with van der Waals surface area (Å²) in [7, 11) is 0. The maximum atomic E-state index is 6.31. The number of benzene rings is 7. The minimum atomic E-state index is 0.928. The maximum absolute atomic E-state index is 6.31. The van der Waals surface area contributed by atoms with Crippen LogP contribution in [0.1, 0.15) is 44.5 Å². The van der Waals surface area contributed by atoms with Gasteiger partial charge in [-0.05, 0) is 173 Å². The van der Waals surface area contributed by atoms with E-state index in [9.17, 15) is 0 Å². The topological polar surface area (TPSA) is 13.1 Å². The Bertz CT molecular complexity index is 2500. The van der Waals surface area contributed by atoms with Crippen molar-refractivity contribution in [3.63, 3.8) is 0 Å². The van der Waals surface area contributed by atoms with Gasteiger partial charge in [0, 0.05) is 10.8 Å². The summed E-state index contributed by atoms with van der Waals surface area (Å²) in [6, 6.07) is 35.1. The molecule has 1 heteroatoms. The molecule has 230 valence electrons. The smallest absolute Gasteiger partial charge is 0.135 e. The summed E-state index contributed by atoms with van der Waals surface area (Å²) in [5.74, 6) is 0. The van der Waals surface area contributed by atoms with Gasteiger partial charge in [-0.15, -0.1) is 0 Å². The largest absolute Gasteiger partial charge is 0.456 e. The Balaban J connectivity index is 1.66. The van der Waals surface area contributed by atoms with Crippen LogP contribution in [0, 0.1) is 55.4 Å². The first-order valence-corrected chi connectivity index (χ1v) is 16.7. The molecule has 0 aliphatic rings. The van der Waals surface area contributed by atoms with Crippen LogP contribution in [0.5, 0.6) is 0 Å². The summed E-state index contributed by atoms with van der Waals surface area (Å²) in [5.41, 5.74) is 20.4. The van der Waals surface area contributed by atoms with E-state index >= 15 is 0 Å². The minimum Gasteiger partial charge on any atom is -0.456 e. The highest BCUT2D eigenvalue weighted by atomic mass is 16.3. The van der Waals surface area contributed by atoms with Crippen molar-refractivity contribution in [2.75, 3.05) is 0 Å². The zero-order valence-electron chi connectivity index (χ0n) is 28.6. The SMILES string of the molecule is Cc1c(C)c(C)c2c(-c3ccccc3-c3ccccc3)c3c(C)c(C)c(C)c(C)c3c(-c3ccc4oc5ccccc5c4c3)c2c1C. The second-order valence-electron chi connectivity index (χ2n) is 13.5. The first kappa shape index (κ1) is 29.3. The van der Waals surface area contributed by atoms with E-state index in [-0.39, 0.29) is 0 Å². The molecule has 0 aliphatic heterocycles. The lowest BCUT2D eigenvalue weighted by Crippen LogP contribution is -2.04. The molecule has 0 bridgehead atoms. The lowest BCUT2D eigenvalue weighted by Gasteiger charge is -2.27. The number of para-hydroxylation sites is 1. The van der Waals surface area contributed by atoms with Crippen LogP contribution in [0.2, 0.25) is 0 Å². The van der Waals surface area contributed by atoms with Crippen molar-refractivity contribution in [1.82, 2.24) is 0 Å². The van der Waals surface area contributed by atoms with E-state index in [1.807, 2.05) is 6.07 Å². The Hall–Kier alpha value is -5.14. The maximum Gasteiger partial charge on any atom is 0.135 e. The summed E-state index contributed by atoms with van der Waals surface area (Å²) in [5, 5.41) is 7.75. The van der Waals surface area contributed by atoms with Gasteiger partial charge in [-0.2, -0.15) is 0 Å². The van der Waals surface area contributed by atoms with E-state index in [1.54, 1.807) is 0 Å². The summed E-state index contributed by atoms with van der Waals surface area (Å²) < 4.78 is 6.31. The summed E-state index contributed by atoms with van der Waals surface area (Å²) in [4.78, 5) is 0. The minimum absolute atomic E-state index is 0.928. The molecule has 1 aromatic heterocycles. The van der Waals surface area contributed by atoms with E-state index in [2.05, 4.69) is 146 Å². The van der Waals surface area contributed by atoms with E-state index in [4.69, 9.17) is 4.42 Å². The third-order valence-electron chi connectivity index (χ3n) is 11.3. The van der Waals surface area contributed by atoms with Crippen molar-refractivity contribution in [3.8, 4) is 33.4 Å². The molecule has 0 aliphatic carbocycles. The average Bonchev–Trinajstić information content (AvgIpc) is 3.48. The highest BCUT2D eigenvalue weighted by molar-refractivity contribution is 6.26. The molecule has 0 saturated heterocycles. The monoisotopic (exact) mass is 608 g/mol. The normalized spacial score (nSPS) is 11.8. The van der Waals surface area contributed by atoms with Gasteiger partial charge in [0.25, 0.3) is 0 Å². The van der Waals surface area contributed by atoms with Crippen molar-refractivity contribution < 1.29 is 4.42 Å². The number of furan rings is 1. The molecule has 0 N–H and O–H groups in total. The first-order valence-electron chi connectivity index (χ1n) is 16.7. The molecule has 0 radical (unpaired) electrons. The van der Waals surface area contributed by atoms with Crippen molar-refractivity contribution >= 4 is 43.5 Å². The van der Waals surface area contributed by atoms with Gasteiger partial charge in [0.15, 0.2) is 0 Å². The van der Waals surface area contributed by atoms with Crippen LogP contribution in [0.25, 0.3) is 76.9 Å². The van der Waals surface area contributed by atoms with E-state index < -0.39 is 0 Å². The molecule has 0 amide bonds. The lowest BCUT2D eigenvalue weighted by atomic mass is 9.76. The first-order chi connectivity index (χ1) is 22.7. The Kier molecular flexibility index (Phi) is 6.67. The van der Waals surface area contributed by atoms with Gasteiger partial charge in [-0.3, -0.25) is 0 Å². The Morgan fingerprint density at radius 1 is 0.340 bits per heavy atom. The molecule has 0 atom stereocenters. The van der Waals surface area contributed by atoms with Gasteiger partial charge in [0.1, 0.15) is 11.2 Å². The fourth-order valence-electron chi connectivity index (χ4n) is 8.14. The van der Waals surface area contributed by atoms with Crippen LogP contribution in [0.4, 0.5) is 0 Å². The molecular formula is C46H40O. The summed E-state index contributed by atoms with van der Waals surface area (Å²) in [6.07, 6.45) is 0. The van der Waals surface area contributed by atoms with E-state index in [0.29, 0.717) is 0 Å². The Morgan fingerprint density at radius 2 is 0.809 bits per heavy atom. The predicted molar refractivity (Wildman–Crippen MR) is 203 cm³/mol. The number of rotatable bonds is 3. The highest BCUT2D eigenvalue weighted by Gasteiger charge is 2.27. The van der Waals surface area contributed by atoms with Crippen molar-refractivity contribution in [2.24, 2.45) is 0 Å². The predicted octanol–water partition coefficient (Wildman–Crippen LogP) is 13.4. The van der Waals surface area contributed by atoms with Crippen LogP contribution in [-0.4, -0.2) is 0 Å². The summed E-state index contributed by atoms with van der Waals surface area (Å²) >= 11 is 0. The molecule has 0 spiro atoms. The van der Waals surface area contributed by atoms with Crippen LogP contribution in [0.15, 0.2) is 101 Å². The van der Waals surface area contributed by atoms with Gasteiger partial charge < -0.3 is 4.42 Å². The number of aryl methyl sites for hydroxylation is 4. The van der Waals surface area contributed by atoms with E-state index in [1.165, 1.54) is 99.4 Å². The second kappa shape index (κ2) is 10.7. The molecule has 7 aromatic carbocycles. The quantitative estimate of drug-likeness (QED) is 0.182. The fourth-order valence-corrected chi connectivity index (χ4v) is 8.14. The third kappa shape index (κ3) is 4.16. The second-order valence-corrected chi connectivity index (χ2v) is 13.5. The van der Waals surface area contributed by atoms with Gasteiger partial charge in [0.2, 0.25) is 0 Å². The number of hydrogen-bond donors (Lipinski definition) is 0. The van der Waals surface area contributed by atoms with Gasteiger partial charge in [-0.1, -0.05) is 78.9 Å².